The first kappa shape index (κ1) is 21.7. The molecular weight excluding hydrogens is 415 g/mol. The minimum absolute atomic E-state index is 0.162. The van der Waals surface area contributed by atoms with Crippen molar-refractivity contribution in [3.05, 3.63) is 58.3 Å². The van der Waals surface area contributed by atoms with E-state index in [0.717, 1.165) is 13.0 Å². The van der Waals surface area contributed by atoms with Crippen LogP contribution in [-0.4, -0.2) is 42.3 Å². The Labute approximate surface area is 183 Å². The Kier molecular flexibility index (Phi) is 6.35. The third-order valence-electron chi connectivity index (χ3n) is 5.49. The fourth-order valence-electron chi connectivity index (χ4n) is 3.73. The first-order chi connectivity index (χ1) is 15.5. The van der Waals surface area contributed by atoms with Gasteiger partial charge in [0, 0.05) is 32.2 Å². The number of aromatic nitrogens is 1. The third kappa shape index (κ3) is 4.56. The number of halogens is 1. The van der Waals surface area contributed by atoms with E-state index >= 15 is 0 Å². The Morgan fingerprint density at radius 3 is 3.00 bits per heavy atom. The van der Waals surface area contributed by atoms with Crippen LogP contribution in [0.3, 0.4) is 0 Å². The highest BCUT2D eigenvalue weighted by Crippen LogP contribution is 2.27. The van der Waals surface area contributed by atoms with Crippen molar-refractivity contribution in [2.45, 2.75) is 25.0 Å². The highest BCUT2D eigenvalue weighted by molar-refractivity contribution is 5.82. The third-order valence-corrected chi connectivity index (χ3v) is 5.49. The smallest absolute Gasteiger partial charge is 0.408 e. The predicted molar refractivity (Wildman–Crippen MR) is 115 cm³/mol. The molecule has 32 heavy (non-hydrogen) atoms. The maximum Gasteiger partial charge on any atom is 0.419 e. The van der Waals surface area contributed by atoms with Gasteiger partial charge in [-0.3, -0.25) is 9.36 Å². The summed E-state index contributed by atoms with van der Waals surface area (Å²) in [7, 11) is 1.59. The summed E-state index contributed by atoms with van der Waals surface area (Å²) in [5, 5.41) is 15.3. The van der Waals surface area contributed by atoms with E-state index < -0.39 is 23.7 Å². The molecule has 1 saturated heterocycles. The van der Waals surface area contributed by atoms with E-state index in [2.05, 4.69) is 16.7 Å². The van der Waals surface area contributed by atoms with E-state index in [1.165, 1.54) is 10.6 Å². The summed E-state index contributed by atoms with van der Waals surface area (Å²) >= 11 is 0. The molecule has 3 aromatic rings. The molecule has 1 fully saturated rings. The summed E-state index contributed by atoms with van der Waals surface area (Å²) in [5.74, 6) is -1.31. The van der Waals surface area contributed by atoms with Crippen LogP contribution < -0.4 is 16.4 Å². The fraction of sp³-hybridized carbons (Fsp3) is 0.348. The molecule has 1 unspecified atom stereocenters. The number of amides is 1. The molecule has 4 rings (SSSR count). The molecule has 1 amide bonds. The number of benzene rings is 2. The number of hydrogen-bond donors (Lipinski definition) is 2. The average molecular weight is 438 g/mol. The van der Waals surface area contributed by atoms with Crippen LogP contribution in [0.15, 0.2) is 45.6 Å². The zero-order valence-corrected chi connectivity index (χ0v) is 17.6. The lowest BCUT2D eigenvalue weighted by Crippen LogP contribution is -2.46. The van der Waals surface area contributed by atoms with Crippen molar-refractivity contribution in [2.24, 2.45) is 7.05 Å². The van der Waals surface area contributed by atoms with Crippen LogP contribution in [-0.2, 0) is 23.0 Å². The van der Waals surface area contributed by atoms with Crippen molar-refractivity contribution in [3.63, 3.8) is 0 Å². The van der Waals surface area contributed by atoms with Crippen molar-refractivity contribution in [1.82, 2.24) is 15.2 Å². The van der Waals surface area contributed by atoms with Crippen LogP contribution >= 0.6 is 0 Å². The minimum Gasteiger partial charge on any atom is -0.408 e. The number of hydrogen-bond acceptors (Lipinski definition) is 6. The van der Waals surface area contributed by atoms with Gasteiger partial charge in [0.1, 0.15) is 18.0 Å². The number of nitriles is 1. The second-order valence-corrected chi connectivity index (χ2v) is 7.74. The van der Waals surface area contributed by atoms with Gasteiger partial charge in [-0.25, -0.2) is 9.18 Å². The van der Waals surface area contributed by atoms with Crippen molar-refractivity contribution < 1.29 is 18.3 Å². The Morgan fingerprint density at radius 1 is 1.38 bits per heavy atom. The summed E-state index contributed by atoms with van der Waals surface area (Å²) in [6.45, 7) is 1.65. The van der Waals surface area contributed by atoms with Crippen LogP contribution in [0, 0.1) is 17.1 Å². The van der Waals surface area contributed by atoms with Crippen LogP contribution in [0.4, 0.5) is 4.39 Å². The molecule has 8 nitrogen and oxygen atoms in total. The van der Waals surface area contributed by atoms with Crippen molar-refractivity contribution in [1.29, 1.82) is 5.26 Å². The SMILES string of the molecule is Cn1c(=O)oc2ccc(-c3ccc(C[C@@H](C#N)NC(=O)C4CNCCCO4)cc3F)cc21. The lowest BCUT2D eigenvalue weighted by Gasteiger charge is -2.18. The summed E-state index contributed by atoms with van der Waals surface area (Å²) in [6, 6.07) is 11.0. The second kappa shape index (κ2) is 9.34. The van der Waals surface area contributed by atoms with Gasteiger partial charge in [-0.15, -0.1) is 0 Å². The van der Waals surface area contributed by atoms with E-state index in [1.807, 2.05) is 0 Å². The quantitative estimate of drug-likeness (QED) is 0.630. The molecule has 0 bridgehead atoms. The molecular formula is C23H23FN4O4. The first-order valence-electron chi connectivity index (χ1n) is 10.4. The maximum absolute atomic E-state index is 14.9. The first-order valence-corrected chi connectivity index (χ1v) is 10.4. The molecule has 9 heteroatoms. The lowest BCUT2D eigenvalue weighted by atomic mass is 9.99. The molecule has 2 N–H and O–H groups in total. The average Bonchev–Trinajstić information content (AvgIpc) is 2.96. The van der Waals surface area contributed by atoms with E-state index in [0.29, 0.717) is 40.9 Å². The highest BCUT2D eigenvalue weighted by atomic mass is 19.1. The Hall–Kier alpha value is -3.48. The number of carbonyl (C=O) groups is 1. The lowest BCUT2D eigenvalue weighted by molar-refractivity contribution is -0.132. The van der Waals surface area contributed by atoms with Gasteiger partial charge < -0.3 is 19.8 Å². The van der Waals surface area contributed by atoms with Gasteiger partial charge in [-0.1, -0.05) is 18.2 Å². The van der Waals surface area contributed by atoms with Crippen LogP contribution in [0.1, 0.15) is 12.0 Å². The number of fused-ring (bicyclic) bond motifs is 1. The summed E-state index contributed by atoms with van der Waals surface area (Å²) in [5.41, 5.74) is 2.54. The molecule has 1 aliphatic heterocycles. The summed E-state index contributed by atoms with van der Waals surface area (Å²) in [4.78, 5) is 24.1. The molecule has 2 heterocycles. The molecule has 0 aliphatic carbocycles. The van der Waals surface area contributed by atoms with Crippen LogP contribution in [0.2, 0.25) is 0 Å². The van der Waals surface area contributed by atoms with E-state index in [9.17, 15) is 19.2 Å². The van der Waals surface area contributed by atoms with Gasteiger partial charge in [0.15, 0.2) is 5.58 Å². The molecule has 0 spiro atoms. The van der Waals surface area contributed by atoms with Gasteiger partial charge in [0.05, 0.1) is 11.6 Å². The topological polar surface area (TPSA) is 109 Å². The minimum atomic E-state index is -0.809. The number of oxazole rings is 1. The standard InChI is InChI=1S/C23H23FN4O4/c1-28-19-11-15(4-6-20(19)32-23(28)30)17-5-3-14(10-18(17)24)9-16(12-25)27-22(29)21-13-26-7-2-8-31-21/h3-6,10-11,16,21,26H,2,7-9,13H2,1H3,(H,27,29)/t16-,21?/m0/s1. The van der Waals surface area contributed by atoms with E-state index in [-0.39, 0.29) is 12.3 Å². The van der Waals surface area contributed by atoms with E-state index in [1.54, 1.807) is 37.4 Å². The monoisotopic (exact) mass is 438 g/mol. The van der Waals surface area contributed by atoms with Crippen molar-refractivity contribution in [2.75, 3.05) is 19.7 Å². The number of carbonyl (C=O) groups excluding carboxylic acids is 1. The molecule has 0 saturated carbocycles. The van der Waals surface area contributed by atoms with Gasteiger partial charge in [-0.2, -0.15) is 5.26 Å². The summed E-state index contributed by atoms with van der Waals surface area (Å²) < 4.78 is 26.9. The zero-order valence-electron chi connectivity index (χ0n) is 17.6. The van der Waals surface area contributed by atoms with Crippen molar-refractivity contribution >= 4 is 17.0 Å². The van der Waals surface area contributed by atoms with Crippen LogP contribution in [0.25, 0.3) is 22.2 Å². The zero-order chi connectivity index (χ0) is 22.7. The Bertz CT molecular complexity index is 1240. The summed E-state index contributed by atoms with van der Waals surface area (Å²) in [6.07, 6.45) is 0.330. The Balaban J connectivity index is 1.49. The van der Waals surface area contributed by atoms with Gasteiger partial charge in [-0.05, 0) is 42.3 Å². The number of ether oxygens (including phenoxy) is 1. The number of nitrogens with one attached hydrogen (secondary N) is 2. The molecule has 0 radical (unpaired) electrons. The highest BCUT2D eigenvalue weighted by Gasteiger charge is 2.23. The molecule has 2 aromatic carbocycles. The number of nitrogens with zero attached hydrogens (tertiary/aromatic N) is 2. The van der Waals surface area contributed by atoms with Crippen LogP contribution in [0.5, 0.6) is 0 Å². The Morgan fingerprint density at radius 2 is 2.22 bits per heavy atom. The van der Waals surface area contributed by atoms with Crippen molar-refractivity contribution in [3.8, 4) is 17.2 Å². The fourth-order valence-corrected chi connectivity index (χ4v) is 3.73. The number of aryl methyl sites for hydroxylation is 1. The molecule has 1 aliphatic rings. The van der Waals surface area contributed by atoms with Gasteiger partial charge in [0.25, 0.3) is 5.91 Å². The largest absolute Gasteiger partial charge is 0.419 e. The van der Waals surface area contributed by atoms with Gasteiger partial charge in [0.2, 0.25) is 0 Å². The van der Waals surface area contributed by atoms with E-state index in [4.69, 9.17) is 9.15 Å². The second-order valence-electron chi connectivity index (χ2n) is 7.74. The molecule has 1 aromatic heterocycles. The van der Waals surface area contributed by atoms with Gasteiger partial charge >= 0.3 is 5.76 Å². The predicted octanol–water partition coefficient (Wildman–Crippen LogP) is 1.87. The molecule has 166 valence electrons. The molecule has 2 atom stereocenters. The normalized spacial score (nSPS) is 17.5. The number of rotatable bonds is 5. The maximum atomic E-state index is 14.9.